The van der Waals surface area contributed by atoms with E-state index in [1.165, 1.54) is 0 Å². The van der Waals surface area contributed by atoms with Crippen molar-refractivity contribution in [1.82, 2.24) is 4.98 Å². The smallest absolute Gasteiger partial charge is 0.124 e. The van der Waals surface area contributed by atoms with Gasteiger partial charge in [-0.05, 0) is 24.1 Å². The second-order valence-corrected chi connectivity index (χ2v) is 4.55. The van der Waals surface area contributed by atoms with Gasteiger partial charge < -0.3 is 15.2 Å². The molecule has 0 saturated carbocycles. The minimum Gasteiger partial charge on any atom is -0.491 e. The predicted molar refractivity (Wildman–Crippen MR) is 78.7 cm³/mol. The number of nitrogens with zero attached hydrogens (tertiary/aromatic N) is 1. The number of ether oxygens (including phenoxy) is 2. The topological polar surface area (TPSA) is 57.4 Å². The largest absolute Gasteiger partial charge is 0.491 e. The SMILES string of the molecule is COCCOc1ccccc1C(N)Cc1cccnc1. The standard InChI is InChI=1S/C16H20N2O2/c1-19-9-10-20-16-7-3-2-6-14(16)15(17)11-13-5-4-8-18-12-13/h2-8,12,15H,9-11,17H2,1H3. The fourth-order valence-electron chi connectivity index (χ4n) is 2.04. The summed E-state index contributed by atoms with van der Waals surface area (Å²) < 4.78 is 10.7. The number of methoxy groups -OCH3 is 1. The van der Waals surface area contributed by atoms with Gasteiger partial charge in [0.05, 0.1) is 6.61 Å². The van der Waals surface area contributed by atoms with Gasteiger partial charge in [0.25, 0.3) is 0 Å². The highest BCUT2D eigenvalue weighted by Gasteiger charge is 2.12. The zero-order chi connectivity index (χ0) is 14.2. The number of pyridine rings is 1. The molecule has 0 aliphatic carbocycles. The van der Waals surface area contributed by atoms with Crippen molar-refractivity contribution >= 4 is 0 Å². The second kappa shape index (κ2) is 7.62. The predicted octanol–water partition coefficient (Wildman–Crippen LogP) is 2.35. The summed E-state index contributed by atoms with van der Waals surface area (Å²) in [6.45, 7) is 1.08. The summed E-state index contributed by atoms with van der Waals surface area (Å²) in [6, 6.07) is 11.7. The van der Waals surface area contributed by atoms with Crippen molar-refractivity contribution in [3.05, 3.63) is 59.9 Å². The van der Waals surface area contributed by atoms with Crippen molar-refractivity contribution in [2.24, 2.45) is 5.73 Å². The molecule has 0 aliphatic heterocycles. The van der Waals surface area contributed by atoms with Gasteiger partial charge in [0.2, 0.25) is 0 Å². The van der Waals surface area contributed by atoms with Crippen LogP contribution >= 0.6 is 0 Å². The van der Waals surface area contributed by atoms with Gasteiger partial charge in [0, 0.05) is 31.1 Å². The molecule has 1 aromatic heterocycles. The van der Waals surface area contributed by atoms with E-state index in [0.29, 0.717) is 13.2 Å². The van der Waals surface area contributed by atoms with Gasteiger partial charge in [-0.1, -0.05) is 24.3 Å². The molecule has 1 heterocycles. The van der Waals surface area contributed by atoms with Crippen LogP contribution in [0.25, 0.3) is 0 Å². The van der Waals surface area contributed by atoms with Crippen molar-refractivity contribution in [1.29, 1.82) is 0 Å². The lowest BCUT2D eigenvalue weighted by Crippen LogP contribution is -2.16. The first-order valence-electron chi connectivity index (χ1n) is 6.66. The summed E-state index contributed by atoms with van der Waals surface area (Å²) in [5.74, 6) is 0.820. The van der Waals surface area contributed by atoms with E-state index in [2.05, 4.69) is 4.98 Å². The Bertz CT molecular complexity index is 517. The minimum absolute atomic E-state index is 0.113. The third-order valence-corrected chi connectivity index (χ3v) is 3.04. The number of benzene rings is 1. The zero-order valence-electron chi connectivity index (χ0n) is 11.7. The molecule has 0 fully saturated rings. The summed E-state index contributed by atoms with van der Waals surface area (Å²) in [7, 11) is 1.66. The van der Waals surface area contributed by atoms with Gasteiger partial charge in [-0.3, -0.25) is 4.98 Å². The molecule has 0 amide bonds. The maximum absolute atomic E-state index is 6.29. The second-order valence-electron chi connectivity index (χ2n) is 4.55. The first-order valence-corrected chi connectivity index (χ1v) is 6.66. The lowest BCUT2D eigenvalue weighted by molar-refractivity contribution is 0.145. The maximum Gasteiger partial charge on any atom is 0.124 e. The Morgan fingerprint density at radius 2 is 2.00 bits per heavy atom. The van der Waals surface area contributed by atoms with E-state index in [-0.39, 0.29) is 6.04 Å². The zero-order valence-corrected chi connectivity index (χ0v) is 11.7. The molecule has 1 aromatic carbocycles. The van der Waals surface area contributed by atoms with Gasteiger partial charge >= 0.3 is 0 Å². The number of hydrogen-bond acceptors (Lipinski definition) is 4. The van der Waals surface area contributed by atoms with Crippen molar-refractivity contribution in [3.63, 3.8) is 0 Å². The van der Waals surface area contributed by atoms with E-state index >= 15 is 0 Å². The Morgan fingerprint density at radius 1 is 1.15 bits per heavy atom. The van der Waals surface area contributed by atoms with E-state index in [1.54, 1.807) is 13.3 Å². The first kappa shape index (κ1) is 14.5. The number of aromatic nitrogens is 1. The van der Waals surface area contributed by atoms with E-state index in [0.717, 1.165) is 23.3 Å². The monoisotopic (exact) mass is 272 g/mol. The van der Waals surface area contributed by atoms with Gasteiger partial charge in [-0.15, -0.1) is 0 Å². The first-order chi connectivity index (χ1) is 9.81. The summed E-state index contributed by atoms with van der Waals surface area (Å²) in [5, 5.41) is 0. The molecule has 0 aliphatic rings. The molecule has 4 heteroatoms. The Morgan fingerprint density at radius 3 is 2.75 bits per heavy atom. The molecule has 4 nitrogen and oxygen atoms in total. The minimum atomic E-state index is -0.113. The molecule has 2 aromatic rings. The molecule has 2 rings (SSSR count). The molecule has 0 radical (unpaired) electrons. The third-order valence-electron chi connectivity index (χ3n) is 3.04. The van der Waals surface area contributed by atoms with Gasteiger partial charge in [-0.2, -0.15) is 0 Å². The highest BCUT2D eigenvalue weighted by Crippen LogP contribution is 2.25. The molecule has 106 valence electrons. The highest BCUT2D eigenvalue weighted by atomic mass is 16.5. The van der Waals surface area contributed by atoms with Crippen LogP contribution in [-0.4, -0.2) is 25.3 Å². The molecule has 20 heavy (non-hydrogen) atoms. The fourth-order valence-corrected chi connectivity index (χ4v) is 2.04. The van der Waals surface area contributed by atoms with E-state index in [9.17, 15) is 0 Å². The Balaban J connectivity index is 2.07. The summed E-state index contributed by atoms with van der Waals surface area (Å²) in [4.78, 5) is 4.11. The Labute approximate surface area is 119 Å². The quantitative estimate of drug-likeness (QED) is 0.786. The van der Waals surface area contributed by atoms with Gasteiger partial charge in [0.1, 0.15) is 12.4 Å². The summed E-state index contributed by atoms with van der Waals surface area (Å²) >= 11 is 0. The van der Waals surface area contributed by atoms with E-state index < -0.39 is 0 Å². The molecule has 2 N–H and O–H groups in total. The van der Waals surface area contributed by atoms with Crippen molar-refractivity contribution in [2.75, 3.05) is 20.3 Å². The number of rotatable bonds is 7. The fraction of sp³-hybridized carbons (Fsp3) is 0.312. The van der Waals surface area contributed by atoms with Crippen LogP contribution in [0.1, 0.15) is 17.2 Å². The molecular weight excluding hydrogens is 252 g/mol. The average Bonchev–Trinajstić information content (AvgIpc) is 2.49. The van der Waals surface area contributed by atoms with Crippen molar-refractivity contribution in [3.8, 4) is 5.75 Å². The maximum atomic E-state index is 6.29. The van der Waals surface area contributed by atoms with Crippen LogP contribution in [-0.2, 0) is 11.2 Å². The number of para-hydroxylation sites is 1. The van der Waals surface area contributed by atoms with E-state index in [4.69, 9.17) is 15.2 Å². The summed E-state index contributed by atoms with van der Waals surface area (Å²) in [6.07, 6.45) is 4.34. The normalized spacial score (nSPS) is 12.1. The molecule has 1 atom stereocenters. The molecule has 1 unspecified atom stereocenters. The van der Waals surface area contributed by atoms with Crippen molar-refractivity contribution in [2.45, 2.75) is 12.5 Å². The van der Waals surface area contributed by atoms with Crippen molar-refractivity contribution < 1.29 is 9.47 Å². The van der Waals surface area contributed by atoms with Crippen LogP contribution in [0, 0.1) is 0 Å². The van der Waals surface area contributed by atoms with Crippen LogP contribution in [0.5, 0.6) is 5.75 Å². The van der Waals surface area contributed by atoms with Crippen LogP contribution in [0.3, 0.4) is 0 Å². The lowest BCUT2D eigenvalue weighted by Gasteiger charge is -2.17. The molecular formula is C16H20N2O2. The Hall–Kier alpha value is -1.91. The van der Waals surface area contributed by atoms with E-state index in [1.807, 2.05) is 42.6 Å². The third kappa shape index (κ3) is 4.05. The summed E-state index contributed by atoms with van der Waals surface area (Å²) in [5.41, 5.74) is 8.42. The van der Waals surface area contributed by atoms with Crippen LogP contribution in [0.4, 0.5) is 0 Å². The van der Waals surface area contributed by atoms with Gasteiger partial charge in [0.15, 0.2) is 0 Å². The van der Waals surface area contributed by atoms with Crippen LogP contribution in [0.15, 0.2) is 48.8 Å². The molecule has 0 bridgehead atoms. The number of nitrogens with two attached hydrogens (primary N) is 1. The molecule has 0 spiro atoms. The average molecular weight is 272 g/mol. The Kier molecular flexibility index (Phi) is 5.53. The van der Waals surface area contributed by atoms with Gasteiger partial charge in [-0.25, -0.2) is 0 Å². The van der Waals surface area contributed by atoms with Crippen LogP contribution in [0.2, 0.25) is 0 Å². The molecule has 0 saturated heterocycles. The highest BCUT2D eigenvalue weighted by molar-refractivity contribution is 5.36. The van der Waals surface area contributed by atoms with Crippen LogP contribution < -0.4 is 10.5 Å². The number of hydrogen-bond donors (Lipinski definition) is 1. The lowest BCUT2D eigenvalue weighted by atomic mass is 10.00.